The number of aromatic nitrogens is 2. The number of amides is 1. The highest BCUT2D eigenvalue weighted by molar-refractivity contribution is 6.04. The molecule has 5 rings (SSSR count). The summed E-state index contributed by atoms with van der Waals surface area (Å²) in [6, 6.07) is 28.6. The van der Waals surface area contributed by atoms with Gasteiger partial charge < -0.3 is 10.2 Å². The topological polar surface area (TPSA) is 53.4 Å². The van der Waals surface area contributed by atoms with Crippen molar-refractivity contribution >= 4 is 17.3 Å². The second kappa shape index (κ2) is 10.8. The van der Waals surface area contributed by atoms with E-state index in [2.05, 4.69) is 75.7 Å². The van der Waals surface area contributed by atoms with Crippen molar-refractivity contribution < 1.29 is 4.79 Å². The van der Waals surface area contributed by atoms with Crippen LogP contribution >= 0.6 is 0 Å². The lowest BCUT2D eigenvalue weighted by atomic mass is 10.1. The van der Waals surface area contributed by atoms with Gasteiger partial charge in [-0.15, -0.1) is 0 Å². The smallest absolute Gasteiger partial charge is 0.255 e. The van der Waals surface area contributed by atoms with Crippen molar-refractivity contribution in [2.24, 2.45) is 0 Å². The Balaban J connectivity index is 1.12. The van der Waals surface area contributed by atoms with E-state index >= 15 is 0 Å². The van der Waals surface area contributed by atoms with Gasteiger partial charge in [-0.3, -0.25) is 14.4 Å². The fraction of sp³-hybridized carbons (Fsp3) is 0.267. The zero-order valence-corrected chi connectivity index (χ0v) is 21.0. The van der Waals surface area contributed by atoms with Gasteiger partial charge in [0.2, 0.25) is 0 Å². The molecule has 1 N–H and O–H groups in total. The van der Waals surface area contributed by atoms with Crippen molar-refractivity contribution in [3.8, 4) is 0 Å². The van der Waals surface area contributed by atoms with Crippen molar-refractivity contribution in [1.29, 1.82) is 0 Å². The van der Waals surface area contributed by atoms with E-state index in [1.54, 1.807) is 0 Å². The van der Waals surface area contributed by atoms with E-state index in [1.165, 1.54) is 11.3 Å². The van der Waals surface area contributed by atoms with E-state index in [4.69, 9.17) is 0 Å². The largest absolute Gasteiger partial charge is 0.369 e. The van der Waals surface area contributed by atoms with Gasteiger partial charge in [-0.25, -0.2) is 0 Å². The SMILES string of the molecule is Cc1cc(C)n(Cc2ccc(C(=O)Nc3ccc(N4CCN(Cc5ccccc5)CC4)cc3)cc2)n1. The first-order valence-electron chi connectivity index (χ1n) is 12.6. The third-order valence-corrected chi connectivity index (χ3v) is 6.76. The molecule has 3 aromatic carbocycles. The summed E-state index contributed by atoms with van der Waals surface area (Å²) in [7, 11) is 0. The van der Waals surface area contributed by atoms with Crippen LogP contribution in [0.1, 0.15) is 32.9 Å². The molecule has 184 valence electrons. The molecule has 6 nitrogen and oxygen atoms in total. The van der Waals surface area contributed by atoms with E-state index in [1.807, 2.05) is 48.0 Å². The highest BCUT2D eigenvalue weighted by Crippen LogP contribution is 2.21. The van der Waals surface area contributed by atoms with E-state index in [0.717, 1.165) is 55.4 Å². The molecule has 0 radical (unpaired) electrons. The number of anilines is 2. The average molecular weight is 480 g/mol. The molecule has 0 spiro atoms. The maximum absolute atomic E-state index is 12.8. The monoisotopic (exact) mass is 479 g/mol. The number of nitrogens with zero attached hydrogens (tertiary/aromatic N) is 4. The standard InChI is InChI=1S/C30H33N5O/c1-23-20-24(2)35(32-23)22-26-8-10-27(11-9-26)30(36)31-28-12-14-29(15-13-28)34-18-16-33(17-19-34)21-25-6-4-3-5-7-25/h3-15,20H,16-19,21-22H2,1-2H3,(H,31,36). The molecular weight excluding hydrogens is 446 g/mol. The minimum atomic E-state index is -0.102. The summed E-state index contributed by atoms with van der Waals surface area (Å²) in [5.74, 6) is -0.102. The predicted molar refractivity (Wildman–Crippen MR) is 146 cm³/mol. The van der Waals surface area contributed by atoms with Crippen LogP contribution in [0.5, 0.6) is 0 Å². The molecule has 1 aromatic heterocycles. The number of rotatable bonds is 7. The van der Waals surface area contributed by atoms with Crippen molar-refractivity contribution in [3.05, 3.63) is 113 Å². The Morgan fingerprint density at radius 3 is 2.11 bits per heavy atom. The van der Waals surface area contributed by atoms with Crippen molar-refractivity contribution in [2.45, 2.75) is 26.9 Å². The summed E-state index contributed by atoms with van der Waals surface area (Å²) >= 11 is 0. The Hall–Kier alpha value is -3.90. The summed E-state index contributed by atoms with van der Waals surface area (Å²) in [4.78, 5) is 17.7. The van der Waals surface area contributed by atoms with Crippen molar-refractivity contribution in [2.75, 3.05) is 36.4 Å². The number of nitrogens with one attached hydrogen (secondary N) is 1. The molecule has 0 atom stereocenters. The van der Waals surface area contributed by atoms with Gasteiger partial charge >= 0.3 is 0 Å². The van der Waals surface area contributed by atoms with Crippen LogP contribution in [0.4, 0.5) is 11.4 Å². The molecule has 0 saturated carbocycles. The number of hydrogen-bond donors (Lipinski definition) is 1. The quantitative estimate of drug-likeness (QED) is 0.400. The second-order valence-corrected chi connectivity index (χ2v) is 9.53. The minimum absolute atomic E-state index is 0.102. The molecule has 1 aliphatic rings. The maximum atomic E-state index is 12.8. The highest BCUT2D eigenvalue weighted by Gasteiger charge is 2.17. The molecule has 6 heteroatoms. The van der Waals surface area contributed by atoms with Gasteiger partial charge in [-0.05, 0) is 67.4 Å². The average Bonchev–Trinajstić information content (AvgIpc) is 3.22. The summed E-state index contributed by atoms with van der Waals surface area (Å²) in [5, 5.41) is 7.53. The lowest BCUT2D eigenvalue weighted by Gasteiger charge is -2.36. The van der Waals surface area contributed by atoms with Crippen LogP contribution in [0.2, 0.25) is 0 Å². The van der Waals surface area contributed by atoms with E-state index in [9.17, 15) is 4.79 Å². The lowest BCUT2D eigenvalue weighted by Crippen LogP contribution is -2.45. The molecule has 1 aliphatic heterocycles. The van der Waals surface area contributed by atoms with Crippen LogP contribution in [0.15, 0.2) is 84.9 Å². The third kappa shape index (κ3) is 5.83. The summed E-state index contributed by atoms with van der Waals surface area (Å²) < 4.78 is 1.98. The molecule has 1 amide bonds. The van der Waals surface area contributed by atoms with Crippen LogP contribution < -0.4 is 10.2 Å². The van der Waals surface area contributed by atoms with Crippen LogP contribution in [0.3, 0.4) is 0 Å². The van der Waals surface area contributed by atoms with Crippen LogP contribution in [0, 0.1) is 13.8 Å². The third-order valence-electron chi connectivity index (χ3n) is 6.76. The number of piperazine rings is 1. The Morgan fingerprint density at radius 1 is 0.806 bits per heavy atom. The molecule has 0 unspecified atom stereocenters. The first kappa shape index (κ1) is 23.8. The van der Waals surface area contributed by atoms with Gasteiger partial charge in [0.25, 0.3) is 5.91 Å². The van der Waals surface area contributed by atoms with Crippen LogP contribution in [-0.2, 0) is 13.1 Å². The summed E-state index contributed by atoms with van der Waals surface area (Å²) in [6.45, 7) is 9.85. The lowest BCUT2D eigenvalue weighted by molar-refractivity contribution is 0.102. The number of carbonyl (C=O) groups excluding carboxylic acids is 1. The van der Waals surface area contributed by atoms with Gasteiger partial charge in [-0.2, -0.15) is 5.10 Å². The summed E-state index contributed by atoms with van der Waals surface area (Å²) in [5.41, 5.74) is 7.27. The first-order chi connectivity index (χ1) is 17.5. The zero-order chi connectivity index (χ0) is 24.9. The highest BCUT2D eigenvalue weighted by atomic mass is 16.1. The Bertz CT molecular complexity index is 1290. The number of benzene rings is 3. The number of hydrogen-bond acceptors (Lipinski definition) is 4. The minimum Gasteiger partial charge on any atom is -0.369 e. The van der Waals surface area contributed by atoms with Gasteiger partial charge in [0.1, 0.15) is 0 Å². The fourth-order valence-corrected chi connectivity index (χ4v) is 4.73. The van der Waals surface area contributed by atoms with E-state index in [0.29, 0.717) is 12.1 Å². The number of carbonyl (C=O) groups is 1. The summed E-state index contributed by atoms with van der Waals surface area (Å²) in [6.07, 6.45) is 0. The van der Waals surface area contributed by atoms with Crippen LogP contribution in [-0.4, -0.2) is 46.8 Å². The Labute approximate surface area is 213 Å². The van der Waals surface area contributed by atoms with Gasteiger partial charge in [0.15, 0.2) is 0 Å². The fourth-order valence-electron chi connectivity index (χ4n) is 4.73. The zero-order valence-electron chi connectivity index (χ0n) is 21.0. The first-order valence-corrected chi connectivity index (χ1v) is 12.6. The van der Waals surface area contributed by atoms with Gasteiger partial charge in [0.05, 0.1) is 12.2 Å². The molecule has 36 heavy (non-hydrogen) atoms. The molecule has 4 aromatic rings. The predicted octanol–water partition coefficient (Wildman–Crippen LogP) is 5.12. The maximum Gasteiger partial charge on any atom is 0.255 e. The molecule has 2 heterocycles. The van der Waals surface area contributed by atoms with Crippen molar-refractivity contribution in [3.63, 3.8) is 0 Å². The Kier molecular flexibility index (Phi) is 7.14. The van der Waals surface area contributed by atoms with Crippen molar-refractivity contribution in [1.82, 2.24) is 14.7 Å². The van der Waals surface area contributed by atoms with E-state index < -0.39 is 0 Å². The number of aryl methyl sites for hydroxylation is 2. The molecule has 0 bridgehead atoms. The second-order valence-electron chi connectivity index (χ2n) is 9.53. The normalized spacial score (nSPS) is 14.1. The molecule has 0 aliphatic carbocycles. The Morgan fingerprint density at radius 2 is 1.47 bits per heavy atom. The molecule has 1 fully saturated rings. The molecular formula is C30H33N5O. The van der Waals surface area contributed by atoms with Gasteiger partial charge in [0, 0.05) is 55.4 Å². The molecule has 1 saturated heterocycles. The van der Waals surface area contributed by atoms with Crippen LogP contribution in [0.25, 0.3) is 0 Å². The van der Waals surface area contributed by atoms with E-state index in [-0.39, 0.29) is 5.91 Å². The van der Waals surface area contributed by atoms with Gasteiger partial charge in [-0.1, -0.05) is 42.5 Å².